The van der Waals surface area contributed by atoms with Gasteiger partial charge in [-0.3, -0.25) is 0 Å². The highest BCUT2D eigenvalue weighted by Crippen LogP contribution is 2.35. The lowest BCUT2D eigenvalue weighted by atomic mass is 10.1. The topological polar surface area (TPSA) is 12.0 Å². The fourth-order valence-corrected chi connectivity index (χ4v) is 3.18. The van der Waals surface area contributed by atoms with Gasteiger partial charge in [-0.05, 0) is 70.2 Å². The first-order valence-electron chi connectivity index (χ1n) is 6.13. The molecular weight excluding hydrogens is 373 g/mol. The van der Waals surface area contributed by atoms with E-state index < -0.39 is 0 Å². The summed E-state index contributed by atoms with van der Waals surface area (Å²) in [5.41, 5.74) is 3.50. The van der Waals surface area contributed by atoms with Crippen molar-refractivity contribution in [2.45, 2.75) is 18.9 Å². The third-order valence-electron chi connectivity index (χ3n) is 3.44. The molecule has 0 aliphatic heterocycles. The van der Waals surface area contributed by atoms with Crippen LogP contribution in [0.3, 0.4) is 0 Å². The van der Waals surface area contributed by atoms with Gasteiger partial charge in [-0.2, -0.15) is 0 Å². The van der Waals surface area contributed by atoms with Crippen LogP contribution in [0.4, 0.5) is 10.1 Å². The lowest BCUT2D eigenvalue weighted by molar-refractivity contribution is 0.621. The molecule has 0 spiro atoms. The van der Waals surface area contributed by atoms with Crippen molar-refractivity contribution < 1.29 is 4.39 Å². The summed E-state index contributed by atoms with van der Waals surface area (Å²) in [6.45, 7) is 0. The van der Waals surface area contributed by atoms with E-state index in [0.717, 1.165) is 23.0 Å². The number of anilines is 1. The molecule has 2 aromatic rings. The summed E-state index contributed by atoms with van der Waals surface area (Å²) in [7, 11) is 0. The van der Waals surface area contributed by atoms with Crippen LogP contribution in [0.15, 0.2) is 45.3 Å². The average molecular weight is 385 g/mol. The van der Waals surface area contributed by atoms with Crippen LogP contribution < -0.4 is 5.32 Å². The summed E-state index contributed by atoms with van der Waals surface area (Å²) in [6, 6.07) is 11.8. The van der Waals surface area contributed by atoms with Crippen molar-refractivity contribution in [3.05, 3.63) is 62.3 Å². The molecule has 1 aliphatic rings. The second kappa shape index (κ2) is 5.25. The number of halogens is 3. The number of nitrogens with one attached hydrogen (secondary N) is 1. The largest absolute Gasteiger partial charge is 0.378 e. The minimum Gasteiger partial charge on any atom is -0.378 e. The zero-order valence-electron chi connectivity index (χ0n) is 10.1. The minimum atomic E-state index is -0.237. The van der Waals surface area contributed by atoms with Gasteiger partial charge >= 0.3 is 0 Å². The molecule has 0 radical (unpaired) electrons. The molecule has 0 saturated heterocycles. The quantitative estimate of drug-likeness (QED) is 0.725. The SMILES string of the molecule is Fc1cc(NC2CCc3cc(Br)ccc32)ccc1Br. The van der Waals surface area contributed by atoms with Crippen LogP contribution in [-0.2, 0) is 6.42 Å². The van der Waals surface area contributed by atoms with Crippen LogP contribution in [0.2, 0.25) is 0 Å². The summed E-state index contributed by atoms with van der Waals surface area (Å²) in [6.07, 6.45) is 2.11. The molecular formula is C15H12Br2FN. The molecule has 1 unspecified atom stereocenters. The van der Waals surface area contributed by atoms with Crippen LogP contribution >= 0.6 is 31.9 Å². The van der Waals surface area contributed by atoms with Gasteiger partial charge < -0.3 is 5.32 Å². The molecule has 19 heavy (non-hydrogen) atoms. The van der Waals surface area contributed by atoms with Gasteiger partial charge in [0.05, 0.1) is 10.5 Å². The molecule has 0 saturated carbocycles. The lowest BCUT2D eigenvalue weighted by Crippen LogP contribution is -2.07. The zero-order valence-corrected chi connectivity index (χ0v) is 13.3. The van der Waals surface area contributed by atoms with E-state index in [9.17, 15) is 4.39 Å². The fraction of sp³-hybridized carbons (Fsp3) is 0.200. The molecule has 2 aromatic carbocycles. The van der Waals surface area contributed by atoms with E-state index in [-0.39, 0.29) is 11.9 Å². The van der Waals surface area contributed by atoms with E-state index in [2.05, 4.69) is 55.4 Å². The summed E-state index contributed by atoms with van der Waals surface area (Å²) in [4.78, 5) is 0. The number of fused-ring (bicyclic) bond motifs is 1. The second-order valence-electron chi connectivity index (χ2n) is 4.71. The Morgan fingerprint density at radius 1 is 1.11 bits per heavy atom. The predicted octanol–water partition coefficient (Wildman–Crippen LogP) is 5.45. The summed E-state index contributed by atoms with van der Waals surface area (Å²) in [5.74, 6) is -0.237. The van der Waals surface area contributed by atoms with Crippen LogP contribution in [0.5, 0.6) is 0 Å². The maximum atomic E-state index is 13.5. The minimum absolute atomic E-state index is 0.237. The van der Waals surface area contributed by atoms with Gasteiger partial charge in [-0.25, -0.2) is 4.39 Å². The number of hydrogen-bond donors (Lipinski definition) is 1. The number of hydrogen-bond acceptors (Lipinski definition) is 1. The van der Waals surface area contributed by atoms with Gasteiger partial charge in [-0.1, -0.05) is 22.0 Å². The third-order valence-corrected chi connectivity index (χ3v) is 4.58. The molecule has 4 heteroatoms. The monoisotopic (exact) mass is 383 g/mol. The maximum Gasteiger partial charge on any atom is 0.139 e. The molecule has 1 N–H and O–H groups in total. The molecule has 1 nitrogen and oxygen atoms in total. The first kappa shape index (κ1) is 13.1. The Labute approximate surface area is 128 Å². The molecule has 0 aromatic heterocycles. The molecule has 3 rings (SSSR count). The Morgan fingerprint density at radius 3 is 2.74 bits per heavy atom. The maximum absolute atomic E-state index is 13.5. The van der Waals surface area contributed by atoms with E-state index in [0.29, 0.717) is 4.47 Å². The smallest absolute Gasteiger partial charge is 0.139 e. The van der Waals surface area contributed by atoms with Crippen molar-refractivity contribution >= 4 is 37.5 Å². The first-order valence-corrected chi connectivity index (χ1v) is 7.72. The van der Waals surface area contributed by atoms with E-state index in [1.807, 2.05) is 6.07 Å². The Hall–Kier alpha value is -0.870. The van der Waals surface area contributed by atoms with Gasteiger partial charge in [0, 0.05) is 10.2 Å². The second-order valence-corrected chi connectivity index (χ2v) is 6.48. The first-order chi connectivity index (χ1) is 9.13. The van der Waals surface area contributed by atoms with Crippen molar-refractivity contribution in [1.82, 2.24) is 0 Å². The molecule has 0 fully saturated rings. The van der Waals surface area contributed by atoms with Crippen molar-refractivity contribution in [3.63, 3.8) is 0 Å². The summed E-state index contributed by atoms with van der Waals surface area (Å²) < 4.78 is 15.1. The van der Waals surface area contributed by atoms with Crippen molar-refractivity contribution in [2.75, 3.05) is 5.32 Å². The van der Waals surface area contributed by atoms with Gasteiger partial charge in [0.2, 0.25) is 0 Å². The summed E-state index contributed by atoms with van der Waals surface area (Å²) >= 11 is 6.66. The van der Waals surface area contributed by atoms with Crippen LogP contribution in [0.1, 0.15) is 23.6 Å². The Bertz CT molecular complexity index is 628. The molecule has 1 aliphatic carbocycles. The van der Waals surface area contributed by atoms with Crippen molar-refractivity contribution in [1.29, 1.82) is 0 Å². The van der Waals surface area contributed by atoms with E-state index >= 15 is 0 Å². The third kappa shape index (κ3) is 2.70. The fourth-order valence-electron chi connectivity index (χ4n) is 2.52. The van der Waals surface area contributed by atoms with Gasteiger partial charge in [0.15, 0.2) is 0 Å². The van der Waals surface area contributed by atoms with Crippen LogP contribution in [0.25, 0.3) is 0 Å². The molecule has 0 bridgehead atoms. The Morgan fingerprint density at radius 2 is 1.95 bits per heavy atom. The molecule has 0 heterocycles. The molecule has 0 amide bonds. The van der Waals surface area contributed by atoms with E-state index in [1.54, 1.807) is 6.07 Å². The summed E-state index contributed by atoms with van der Waals surface area (Å²) in [5, 5.41) is 3.41. The Balaban J connectivity index is 1.84. The van der Waals surface area contributed by atoms with Crippen molar-refractivity contribution in [3.8, 4) is 0 Å². The predicted molar refractivity (Wildman–Crippen MR) is 82.9 cm³/mol. The zero-order chi connectivity index (χ0) is 13.4. The number of aryl methyl sites for hydroxylation is 1. The average Bonchev–Trinajstić information content (AvgIpc) is 2.76. The number of rotatable bonds is 2. The highest BCUT2D eigenvalue weighted by atomic mass is 79.9. The lowest BCUT2D eigenvalue weighted by Gasteiger charge is -2.16. The molecule has 98 valence electrons. The van der Waals surface area contributed by atoms with Gasteiger partial charge in [-0.15, -0.1) is 0 Å². The Kier molecular flexibility index (Phi) is 3.63. The van der Waals surface area contributed by atoms with Crippen LogP contribution in [-0.4, -0.2) is 0 Å². The number of benzene rings is 2. The highest BCUT2D eigenvalue weighted by molar-refractivity contribution is 9.10. The van der Waals surface area contributed by atoms with Gasteiger partial charge in [0.1, 0.15) is 5.82 Å². The van der Waals surface area contributed by atoms with E-state index in [1.165, 1.54) is 17.2 Å². The van der Waals surface area contributed by atoms with Crippen LogP contribution in [0, 0.1) is 5.82 Å². The molecule has 1 atom stereocenters. The highest BCUT2D eigenvalue weighted by Gasteiger charge is 2.22. The van der Waals surface area contributed by atoms with E-state index in [4.69, 9.17) is 0 Å². The standard InChI is InChI=1S/C15H12Br2FN/c16-10-2-4-12-9(7-10)1-6-15(12)19-11-3-5-13(17)14(18)8-11/h2-5,7-8,15,19H,1,6H2. The normalized spacial score (nSPS) is 17.3. The van der Waals surface area contributed by atoms with Crippen molar-refractivity contribution in [2.24, 2.45) is 0 Å². The van der Waals surface area contributed by atoms with Gasteiger partial charge in [0.25, 0.3) is 0 Å².